The van der Waals surface area contributed by atoms with Crippen LogP contribution in [0.1, 0.15) is 16.0 Å². The maximum atomic E-state index is 6.34. The number of thioether (sulfide) groups is 2. The number of nitrogens with zero attached hydrogens (tertiary/aromatic N) is 3. The van der Waals surface area contributed by atoms with Crippen LogP contribution in [0.2, 0.25) is 10.0 Å². The zero-order valence-electron chi connectivity index (χ0n) is 14.4. The number of aromatic nitrogens is 2. The van der Waals surface area contributed by atoms with Crippen molar-refractivity contribution in [2.75, 3.05) is 19.8 Å². The lowest BCUT2D eigenvalue weighted by Gasteiger charge is -2.22. The second-order valence-corrected chi connectivity index (χ2v) is 9.81. The SMILES string of the molecule is CSc1nc(SCc2c(Cl)cccc2Cl)c2c3c(sc2n1)CN(C)CC3. The van der Waals surface area contributed by atoms with Gasteiger partial charge in [-0.15, -0.1) is 23.1 Å². The summed E-state index contributed by atoms with van der Waals surface area (Å²) < 4.78 is 0. The van der Waals surface area contributed by atoms with Gasteiger partial charge in [-0.1, -0.05) is 41.0 Å². The Kier molecular flexibility index (Phi) is 5.69. The summed E-state index contributed by atoms with van der Waals surface area (Å²) >= 11 is 17.8. The van der Waals surface area contributed by atoms with Gasteiger partial charge in [0.05, 0.1) is 0 Å². The minimum absolute atomic E-state index is 0.697. The Labute approximate surface area is 175 Å². The molecule has 26 heavy (non-hydrogen) atoms. The minimum Gasteiger partial charge on any atom is -0.301 e. The third-order valence-corrected chi connectivity index (χ3v) is 7.80. The summed E-state index contributed by atoms with van der Waals surface area (Å²) in [5.74, 6) is 0.697. The van der Waals surface area contributed by atoms with E-state index in [0.717, 1.165) is 40.1 Å². The van der Waals surface area contributed by atoms with Crippen molar-refractivity contribution in [1.82, 2.24) is 14.9 Å². The normalized spacial score (nSPS) is 14.8. The first-order valence-electron chi connectivity index (χ1n) is 8.17. The number of rotatable bonds is 4. The molecule has 0 spiro atoms. The molecule has 1 aromatic carbocycles. The van der Waals surface area contributed by atoms with E-state index < -0.39 is 0 Å². The van der Waals surface area contributed by atoms with Crippen LogP contribution in [0.5, 0.6) is 0 Å². The van der Waals surface area contributed by atoms with Crippen LogP contribution in [0.4, 0.5) is 0 Å². The first kappa shape index (κ1) is 18.8. The molecule has 0 bridgehead atoms. The van der Waals surface area contributed by atoms with Crippen molar-refractivity contribution in [3.8, 4) is 0 Å². The summed E-state index contributed by atoms with van der Waals surface area (Å²) in [6.45, 7) is 2.06. The lowest BCUT2D eigenvalue weighted by Crippen LogP contribution is -2.25. The topological polar surface area (TPSA) is 29.0 Å². The van der Waals surface area contributed by atoms with E-state index in [-0.39, 0.29) is 0 Å². The van der Waals surface area contributed by atoms with Crippen LogP contribution >= 0.6 is 58.1 Å². The Morgan fingerprint density at radius 1 is 1.23 bits per heavy atom. The maximum absolute atomic E-state index is 6.34. The average molecular weight is 442 g/mol. The number of hydrogen-bond acceptors (Lipinski definition) is 6. The molecule has 0 N–H and O–H groups in total. The van der Waals surface area contributed by atoms with Gasteiger partial charge in [0.25, 0.3) is 0 Å². The highest BCUT2D eigenvalue weighted by atomic mass is 35.5. The third kappa shape index (κ3) is 3.60. The van der Waals surface area contributed by atoms with Gasteiger partial charge in [-0.25, -0.2) is 9.97 Å². The molecule has 0 unspecified atom stereocenters. The van der Waals surface area contributed by atoms with Crippen molar-refractivity contribution in [1.29, 1.82) is 0 Å². The molecule has 0 radical (unpaired) electrons. The Bertz CT molecular complexity index is 954. The quantitative estimate of drug-likeness (QED) is 0.281. The van der Waals surface area contributed by atoms with Gasteiger partial charge in [0.1, 0.15) is 9.86 Å². The zero-order chi connectivity index (χ0) is 18.3. The van der Waals surface area contributed by atoms with Gasteiger partial charge in [-0.3, -0.25) is 0 Å². The van der Waals surface area contributed by atoms with E-state index >= 15 is 0 Å². The van der Waals surface area contributed by atoms with E-state index in [4.69, 9.17) is 33.2 Å². The molecule has 8 heteroatoms. The molecule has 0 saturated carbocycles. The zero-order valence-corrected chi connectivity index (χ0v) is 18.3. The molecule has 3 aromatic rings. The third-order valence-electron chi connectivity index (χ3n) is 4.43. The van der Waals surface area contributed by atoms with Crippen molar-refractivity contribution in [3.63, 3.8) is 0 Å². The van der Waals surface area contributed by atoms with E-state index in [1.165, 1.54) is 15.8 Å². The summed E-state index contributed by atoms with van der Waals surface area (Å²) in [5, 5.41) is 4.49. The summed E-state index contributed by atoms with van der Waals surface area (Å²) in [6.07, 6.45) is 3.07. The molecule has 2 aromatic heterocycles. The van der Waals surface area contributed by atoms with Crippen LogP contribution in [0.15, 0.2) is 28.4 Å². The fraction of sp³-hybridized carbons (Fsp3) is 0.333. The number of likely N-dealkylation sites (N-methyl/N-ethyl adjacent to an activating group) is 1. The van der Waals surface area contributed by atoms with Gasteiger partial charge >= 0.3 is 0 Å². The van der Waals surface area contributed by atoms with E-state index in [1.54, 1.807) is 34.9 Å². The average Bonchev–Trinajstić information content (AvgIpc) is 2.98. The Morgan fingerprint density at radius 3 is 2.73 bits per heavy atom. The fourth-order valence-corrected chi connectivity index (χ4v) is 6.72. The second kappa shape index (κ2) is 7.86. The van der Waals surface area contributed by atoms with Crippen molar-refractivity contribution < 1.29 is 0 Å². The van der Waals surface area contributed by atoms with Gasteiger partial charge in [-0.05, 0) is 43.0 Å². The van der Waals surface area contributed by atoms with Crippen LogP contribution in [-0.4, -0.2) is 34.7 Å². The molecule has 0 aliphatic carbocycles. The lowest BCUT2D eigenvalue weighted by atomic mass is 10.1. The summed E-state index contributed by atoms with van der Waals surface area (Å²) in [5.41, 5.74) is 2.38. The molecule has 3 heterocycles. The molecule has 1 aliphatic rings. The molecule has 136 valence electrons. The second-order valence-electron chi connectivity index (χ2n) is 6.18. The van der Waals surface area contributed by atoms with Crippen molar-refractivity contribution in [3.05, 3.63) is 44.2 Å². The van der Waals surface area contributed by atoms with Crippen LogP contribution in [-0.2, 0) is 18.7 Å². The van der Waals surface area contributed by atoms with Crippen LogP contribution in [0, 0.1) is 0 Å². The number of benzene rings is 1. The standard InChI is InChI=1S/C18H17Cl2N3S3/c1-23-7-6-10-14(8-23)26-17-15(10)16(21-18(22-17)24-2)25-9-11-12(19)4-3-5-13(11)20/h3-5H,6-9H2,1-2H3. The van der Waals surface area contributed by atoms with Gasteiger partial charge in [-0.2, -0.15) is 0 Å². The highest BCUT2D eigenvalue weighted by Crippen LogP contribution is 2.41. The van der Waals surface area contributed by atoms with Crippen molar-refractivity contribution >= 4 is 68.3 Å². The predicted octanol–water partition coefficient (Wildman–Crippen LogP) is 6.00. The van der Waals surface area contributed by atoms with Crippen LogP contribution < -0.4 is 0 Å². The number of fused-ring (bicyclic) bond motifs is 3. The predicted molar refractivity (Wildman–Crippen MR) is 115 cm³/mol. The van der Waals surface area contributed by atoms with Crippen molar-refractivity contribution in [2.45, 2.75) is 28.9 Å². The smallest absolute Gasteiger partial charge is 0.189 e. The molecular formula is C18H17Cl2N3S3. The summed E-state index contributed by atoms with van der Waals surface area (Å²) in [7, 11) is 2.17. The van der Waals surface area contributed by atoms with Gasteiger partial charge in [0.15, 0.2) is 5.16 Å². The maximum Gasteiger partial charge on any atom is 0.189 e. The number of hydrogen-bond donors (Lipinski definition) is 0. The first-order chi connectivity index (χ1) is 12.6. The fourth-order valence-electron chi connectivity index (χ4n) is 3.08. The van der Waals surface area contributed by atoms with Crippen LogP contribution in [0.3, 0.4) is 0 Å². The monoisotopic (exact) mass is 441 g/mol. The van der Waals surface area contributed by atoms with E-state index in [0.29, 0.717) is 15.8 Å². The Morgan fingerprint density at radius 2 is 2.00 bits per heavy atom. The largest absolute Gasteiger partial charge is 0.301 e. The lowest BCUT2D eigenvalue weighted by molar-refractivity contribution is 0.318. The summed E-state index contributed by atoms with van der Waals surface area (Å²) in [6, 6.07) is 5.64. The summed E-state index contributed by atoms with van der Waals surface area (Å²) in [4.78, 5) is 14.4. The molecule has 0 saturated heterocycles. The van der Waals surface area contributed by atoms with E-state index in [1.807, 2.05) is 24.5 Å². The van der Waals surface area contributed by atoms with Crippen LogP contribution in [0.25, 0.3) is 10.2 Å². The Hall–Kier alpha value is -0.500. The molecular weight excluding hydrogens is 425 g/mol. The highest BCUT2D eigenvalue weighted by molar-refractivity contribution is 7.99. The Balaban J connectivity index is 1.76. The minimum atomic E-state index is 0.697. The van der Waals surface area contributed by atoms with Gasteiger partial charge in [0, 0.05) is 39.2 Å². The van der Waals surface area contributed by atoms with Gasteiger partial charge in [0.2, 0.25) is 0 Å². The molecule has 3 nitrogen and oxygen atoms in total. The van der Waals surface area contributed by atoms with E-state index in [9.17, 15) is 0 Å². The number of thiophene rings is 1. The van der Waals surface area contributed by atoms with E-state index in [2.05, 4.69) is 11.9 Å². The van der Waals surface area contributed by atoms with Gasteiger partial charge < -0.3 is 4.90 Å². The molecule has 1 aliphatic heterocycles. The molecule has 0 fully saturated rings. The number of halogens is 2. The molecule has 0 atom stereocenters. The first-order valence-corrected chi connectivity index (χ1v) is 12.0. The molecule has 4 rings (SSSR count). The van der Waals surface area contributed by atoms with Crippen molar-refractivity contribution in [2.24, 2.45) is 0 Å². The highest BCUT2D eigenvalue weighted by Gasteiger charge is 2.23. The molecule has 0 amide bonds.